The Morgan fingerprint density at radius 1 is 1.35 bits per heavy atom. The lowest BCUT2D eigenvalue weighted by molar-refractivity contribution is -0.168. The highest BCUT2D eigenvalue weighted by Crippen LogP contribution is 2.51. The fourth-order valence-electron chi connectivity index (χ4n) is 2.52. The minimum absolute atomic E-state index is 0.190. The standard InChI is InChI=1S/C12H13F3N2/c13-12(14,15)11(5-6-11)17-9-4-3-8-2-1-7-16-10(8)9/h1-2,7,9,17H,3-6H2. The van der Waals surface area contributed by atoms with E-state index in [4.69, 9.17) is 0 Å². The molecule has 1 N–H and O–H groups in total. The van der Waals surface area contributed by atoms with E-state index >= 15 is 0 Å². The number of pyridine rings is 1. The third-order valence-corrected chi connectivity index (χ3v) is 3.70. The summed E-state index contributed by atoms with van der Waals surface area (Å²) in [5.41, 5.74) is 0.225. The predicted octanol–water partition coefficient (Wildman–Crippen LogP) is 2.75. The summed E-state index contributed by atoms with van der Waals surface area (Å²) in [7, 11) is 0. The summed E-state index contributed by atoms with van der Waals surface area (Å²) < 4.78 is 38.5. The van der Waals surface area contributed by atoms with Crippen molar-refractivity contribution >= 4 is 0 Å². The largest absolute Gasteiger partial charge is 0.406 e. The van der Waals surface area contributed by atoms with Gasteiger partial charge in [0, 0.05) is 6.20 Å². The summed E-state index contributed by atoms with van der Waals surface area (Å²) in [6.45, 7) is 0. The monoisotopic (exact) mass is 242 g/mol. The molecule has 0 radical (unpaired) electrons. The molecule has 2 nitrogen and oxygen atoms in total. The van der Waals surface area contributed by atoms with Crippen LogP contribution in [0.4, 0.5) is 13.2 Å². The van der Waals surface area contributed by atoms with Crippen molar-refractivity contribution in [2.24, 2.45) is 0 Å². The predicted molar refractivity (Wildman–Crippen MR) is 56.5 cm³/mol. The molecular weight excluding hydrogens is 229 g/mol. The molecule has 2 aliphatic carbocycles. The van der Waals surface area contributed by atoms with Crippen LogP contribution in [0.3, 0.4) is 0 Å². The summed E-state index contributed by atoms with van der Waals surface area (Å²) in [6, 6.07) is 3.53. The van der Waals surface area contributed by atoms with Crippen molar-refractivity contribution < 1.29 is 13.2 Å². The molecule has 1 saturated carbocycles. The van der Waals surface area contributed by atoms with Crippen LogP contribution in [0.2, 0.25) is 0 Å². The summed E-state index contributed by atoms with van der Waals surface area (Å²) in [4.78, 5) is 4.20. The Kier molecular flexibility index (Phi) is 2.23. The van der Waals surface area contributed by atoms with E-state index in [1.807, 2.05) is 12.1 Å². The van der Waals surface area contributed by atoms with Gasteiger partial charge < -0.3 is 0 Å². The van der Waals surface area contributed by atoms with Crippen molar-refractivity contribution in [1.82, 2.24) is 10.3 Å². The number of nitrogens with zero attached hydrogens (tertiary/aromatic N) is 1. The average molecular weight is 242 g/mol. The van der Waals surface area contributed by atoms with Crippen LogP contribution in [0.1, 0.15) is 36.6 Å². The molecule has 1 atom stereocenters. The fraction of sp³-hybridized carbons (Fsp3) is 0.583. The molecule has 0 amide bonds. The Morgan fingerprint density at radius 3 is 2.76 bits per heavy atom. The molecule has 1 aromatic rings. The second kappa shape index (κ2) is 3.45. The van der Waals surface area contributed by atoms with Crippen LogP contribution in [0, 0.1) is 0 Å². The van der Waals surface area contributed by atoms with Crippen molar-refractivity contribution in [1.29, 1.82) is 0 Å². The van der Waals surface area contributed by atoms with E-state index in [1.165, 1.54) is 0 Å². The zero-order valence-corrected chi connectivity index (χ0v) is 9.22. The van der Waals surface area contributed by atoms with Gasteiger partial charge in [-0.15, -0.1) is 0 Å². The third kappa shape index (κ3) is 1.73. The van der Waals surface area contributed by atoms with E-state index in [0.717, 1.165) is 17.7 Å². The zero-order valence-electron chi connectivity index (χ0n) is 9.22. The van der Waals surface area contributed by atoms with Crippen LogP contribution >= 0.6 is 0 Å². The molecule has 1 aromatic heterocycles. The van der Waals surface area contributed by atoms with Crippen molar-refractivity contribution in [3.63, 3.8) is 0 Å². The van der Waals surface area contributed by atoms with Gasteiger partial charge in [-0.2, -0.15) is 13.2 Å². The van der Waals surface area contributed by atoms with Crippen molar-refractivity contribution in [2.45, 2.75) is 43.4 Å². The van der Waals surface area contributed by atoms with Gasteiger partial charge in [0.05, 0.1) is 11.7 Å². The van der Waals surface area contributed by atoms with Gasteiger partial charge in [0.15, 0.2) is 0 Å². The van der Waals surface area contributed by atoms with Crippen molar-refractivity contribution in [3.05, 3.63) is 29.6 Å². The van der Waals surface area contributed by atoms with Crippen LogP contribution < -0.4 is 5.32 Å². The van der Waals surface area contributed by atoms with Crippen LogP contribution in [-0.4, -0.2) is 16.7 Å². The second-order valence-electron chi connectivity index (χ2n) is 4.86. The Labute approximate surface area is 97.2 Å². The van der Waals surface area contributed by atoms with E-state index in [0.29, 0.717) is 6.42 Å². The molecule has 92 valence electrons. The zero-order chi connectivity index (χ0) is 12.1. The number of aryl methyl sites for hydroxylation is 1. The molecule has 0 aliphatic heterocycles. The first kappa shape index (κ1) is 11.0. The fourth-order valence-corrected chi connectivity index (χ4v) is 2.52. The molecule has 0 spiro atoms. The molecular formula is C12H13F3N2. The lowest BCUT2D eigenvalue weighted by atomic mass is 10.1. The van der Waals surface area contributed by atoms with Gasteiger partial charge in [-0.1, -0.05) is 6.07 Å². The van der Waals surface area contributed by atoms with Gasteiger partial charge in [0.2, 0.25) is 0 Å². The Bertz CT molecular complexity index is 438. The van der Waals surface area contributed by atoms with Gasteiger partial charge in [0.25, 0.3) is 0 Å². The Hall–Kier alpha value is -1.10. The Morgan fingerprint density at radius 2 is 2.12 bits per heavy atom. The van der Waals surface area contributed by atoms with Gasteiger partial charge in [-0.05, 0) is 37.3 Å². The number of aromatic nitrogens is 1. The molecule has 17 heavy (non-hydrogen) atoms. The van der Waals surface area contributed by atoms with Crippen LogP contribution in [0.25, 0.3) is 0 Å². The second-order valence-corrected chi connectivity index (χ2v) is 4.86. The van der Waals surface area contributed by atoms with Gasteiger partial charge in [-0.25, -0.2) is 0 Å². The number of nitrogens with one attached hydrogen (secondary N) is 1. The first-order valence-corrected chi connectivity index (χ1v) is 5.80. The maximum absolute atomic E-state index is 12.8. The van der Waals surface area contributed by atoms with Crippen LogP contribution in [0.15, 0.2) is 18.3 Å². The highest BCUT2D eigenvalue weighted by molar-refractivity contribution is 5.29. The molecule has 1 unspecified atom stereocenters. The summed E-state index contributed by atoms with van der Waals surface area (Å²) in [5.74, 6) is 0. The van der Waals surface area contributed by atoms with Crippen molar-refractivity contribution in [2.75, 3.05) is 0 Å². The van der Waals surface area contributed by atoms with Crippen LogP contribution in [-0.2, 0) is 6.42 Å². The van der Waals surface area contributed by atoms with Gasteiger partial charge >= 0.3 is 6.18 Å². The van der Waals surface area contributed by atoms with E-state index in [1.54, 1.807) is 6.20 Å². The third-order valence-electron chi connectivity index (χ3n) is 3.70. The highest BCUT2D eigenvalue weighted by atomic mass is 19.4. The van der Waals surface area contributed by atoms with E-state index in [-0.39, 0.29) is 18.9 Å². The summed E-state index contributed by atoms with van der Waals surface area (Å²) in [5, 5.41) is 2.77. The number of rotatable bonds is 2. The first-order valence-electron chi connectivity index (χ1n) is 5.80. The average Bonchev–Trinajstić information content (AvgIpc) is 2.95. The molecule has 3 rings (SSSR count). The lowest BCUT2D eigenvalue weighted by Crippen LogP contribution is -2.46. The normalized spacial score (nSPS) is 25.7. The van der Waals surface area contributed by atoms with Gasteiger partial charge in [-0.3, -0.25) is 10.3 Å². The minimum atomic E-state index is -4.15. The number of alkyl halides is 3. The quantitative estimate of drug-likeness (QED) is 0.862. The van der Waals surface area contributed by atoms with E-state index in [9.17, 15) is 13.2 Å². The number of hydrogen-bond donors (Lipinski definition) is 1. The van der Waals surface area contributed by atoms with Crippen molar-refractivity contribution in [3.8, 4) is 0 Å². The molecule has 0 aromatic carbocycles. The molecule has 1 fully saturated rings. The van der Waals surface area contributed by atoms with E-state index in [2.05, 4.69) is 10.3 Å². The maximum atomic E-state index is 12.8. The van der Waals surface area contributed by atoms with Gasteiger partial charge in [0.1, 0.15) is 5.54 Å². The number of halogens is 3. The minimum Gasteiger partial charge on any atom is -0.295 e. The summed E-state index contributed by atoms with van der Waals surface area (Å²) in [6.07, 6.45) is -0.597. The SMILES string of the molecule is FC(F)(F)C1(NC2CCc3cccnc32)CC1. The molecule has 1 heterocycles. The maximum Gasteiger partial charge on any atom is 0.406 e. The topological polar surface area (TPSA) is 24.9 Å². The highest BCUT2D eigenvalue weighted by Gasteiger charge is 2.64. The van der Waals surface area contributed by atoms with E-state index < -0.39 is 11.7 Å². The number of hydrogen-bond acceptors (Lipinski definition) is 2. The lowest BCUT2D eigenvalue weighted by Gasteiger charge is -2.25. The smallest absolute Gasteiger partial charge is 0.295 e. The first-order chi connectivity index (χ1) is 8.02. The molecule has 0 bridgehead atoms. The molecule has 5 heteroatoms. The summed E-state index contributed by atoms with van der Waals surface area (Å²) >= 11 is 0. The van der Waals surface area contributed by atoms with Crippen LogP contribution in [0.5, 0.6) is 0 Å². The Balaban J connectivity index is 1.81. The number of fused-ring (bicyclic) bond motifs is 1. The molecule has 0 saturated heterocycles. The molecule has 2 aliphatic rings.